The molecule has 0 bridgehead atoms. The van der Waals surface area contributed by atoms with Gasteiger partial charge in [0.15, 0.2) is 40.3 Å². The lowest BCUT2D eigenvalue weighted by Crippen LogP contribution is -2.60. The molecule has 14 rings (SSSR count). The summed E-state index contributed by atoms with van der Waals surface area (Å²) < 4.78 is 87.1. The Morgan fingerprint density at radius 2 is 1.15 bits per heavy atom. The van der Waals surface area contributed by atoms with Crippen LogP contribution in [0.3, 0.4) is 0 Å². The van der Waals surface area contributed by atoms with E-state index in [1.807, 2.05) is 90.9 Å². The molecular weight excluding hydrogens is 1430 g/mol. The van der Waals surface area contributed by atoms with Gasteiger partial charge in [0.05, 0.1) is 76.1 Å². The maximum Gasteiger partial charge on any atom is 0.501 e. The zero-order valence-electron chi connectivity index (χ0n) is 61.7. The van der Waals surface area contributed by atoms with Crippen molar-refractivity contribution < 1.29 is 98.8 Å². The van der Waals surface area contributed by atoms with Gasteiger partial charge in [-0.1, -0.05) is 48.5 Å². The quantitative estimate of drug-likeness (QED) is 0.0107. The molecule has 1 saturated carbocycles. The SMILES string of the molecule is COc1cc2c(cc1OCc1cc(COc3cc4c(cc3OC)C(=O)N3Cc5ccccc5C[C@H]3C=N4)cc(C[N+](C)(C)Cc3ccc(OS(=O)(=O)Oc4cc(C(=O)CCCOCCCC(=O)OCC5[C@H]6CCC#CCC[C@@H]56)ccc4OC4O[C@H](CO)[C@H](O)[C@H](O)[C@H]4O)cc3)c1)N=C[C@@H]1Cc3ccccc3CN1C2=O. The minimum absolute atomic E-state index is 0.0157. The lowest BCUT2D eigenvalue weighted by molar-refractivity contribution is -0.916. The average molecular weight is 1520 g/mol. The zero-order valence-corrected chi connectivity index (χ0v) is 62.6. The molecule has 26 heteroatoms. The Balaban J connectivity index is 0.648. The van der Waals surface area contributed by atoms with Crippen LogP contribution in [0.25, 0.3) is 0 Å². The molecule has 2 unspecified atom stereocenters. The molecule has 2 amide bonds. The Hall–Kier alpha value is -10.2. The fraction of sp³-hybridized carbons (Fsp3) is 0.405. The normalized spacial score (nSPS) is 22.2. The Morgan fingerprint density at radius 1 is 0.600 bits per heavy atom. The highest BCUT2D eigenvalue weighted by molar-refractivity contribution is 7.82. The van der Waals surface area contributed by atoms with Gasteiger partial charge in [0, 0.05) is 93.2 Å². The van der Waals surface area contributed by atoms with Gasteiger partial charge in [0.2, 0.25) is 6.29 Å². The number of aliphatic hydroxyl groups excluding tert-OH is 4. The topological polar surface area (TPSA) is 307 Å². The maximum atomic E-state index is 14.3. The summed E-state index contributed by atoms with van der Waals surface area (Å²) in [6.45, 7) is 2.03. The molecule has 110 heavy (non-hydrogen) atoms. The first-order valence-corrected chi connectivity index (χ1v) is 38.5. The van der Waals surface area contributed by atoms with Crippen molar-refractivity contribution in [3.05, 3.63) is 195 Å². The number of quaternary nitrogens is 1. The van der Waals surface area contributed by atoms with Gasteiger partial charge < -0.3 is 81.0 Å². The number of ether oxygens (including phenoxy) is 8. The number of rotatable bonds is 30. The van der Waals surface area contributed by atoms with Crippen LogP contribution in [0.2, 0.25) is 0 Å². The van der Waals surface area contributed by atoms with Crippen molar-refractivity contribution in [2.24, 2.45) is 27.7 Å². The first-order chi connectivity index (χ1) is 53.2. The summed E-state index contributed by atoms with van der Waals surface area (Å²) in [7, 11) is 2.09. The first kappa shape index (κ1) is 76.6. The molecule has 4 N–H and O–H groups in total. The van der Waals surface area contributed by atoms with E-state index in [9.17, 15) is 48.0 Å². The van der Waals surface area contributed by atoms with Gasteiger partial charge in [0.1, 0.15) is 56.5 Å². The fourth-order valence-electron chi connectivity index (χ4n) is 15.6. The summed E-state index contributed by atoms with van der Waals surface area (Å²) >= 11 is 0. The molecule has 7 aromatic rings. The molecule has 2 fully saturated rings. The molecule has 7 aliphatic rings. The number of Topliss-reactive ketones (excluding diaryl/α,β-unsaturated/α-hetero) is 1. The molecule has 1 saturated heterocycles. The number of benzene rings is 7. The van der Waals surface area contributed by atoms with Crippen molar-refractivity contribution in [3.63, 3.8) is 0 Å². The summed E-state index contributed by atoms with van der Waals surface area (Å²) in [5.41, 5.74) is 9.51. The highest BCUT2D eigenvalue weighted by Crippen LogP contribution is 2.52. The van der Waals surface area contributed by atoms with E-state index < -0.39 is 59.2 Å². The van der Waals surface area contributed by atoms with Crippen molar-refractivity contribution >= 4 is 57.8 Å². The third-order valence-electron chi connectivity index (χ3n) is 21.3. The molecule has 576 valence electrons. The van der Waals surface area contributed by atoms with Gasteiger partial charge in [-0.2, -0.15) is 0 Å². The van der Waals surface area contributed by atoms with E-state index in [1.165, 1.54) is 49.6 Å². The number of esters is 1. The van der Waals surface area contributed by atoms with Gasteiger partial charge in [-0.05, 0) is 162 Å². The number of aliphatic imine (C=N–C) groups is 2. The monoisotopic (exact) mass is 1520 g/mol. The number of ketones is 1. The minimum Gasteiger partial charge on any atom is -0.493 e. The van der Waals surface area contributed by atoms with Crippen LogP contribution in [0.1, 0.15) is 127 Å². The van der Waals surface area contributed by atoms with Gasteiger partial charge in [0.25, 0.3) is 11.8 Å². The predicted molar refractivity (Wildman–Crippen MR) is 403 cm³/mol. The molecule has 5 heterocycles. The minimum atomic E-state index is -5.04. The highest BCUT2D eigenvalue weighted by Gasteiger charge is 2.50. The van der Waals surface area contributed by atoms with Crippen LogP contribution < -0.4 is 32.1 Å². The highest BCUT2D eigenvalue weighted by atomic mass is 32.3. The summed E-state index contributed by atoms with van der Waals surface area (Å²) in [5, 5.41) is 41.8. The van der Waals surface area contributed by atoms with Crippen LogP contribution in [-0.4, -0.2) is 177 Å². The lowest BCUT2D eigenvalue weighted by atomic mass is 9.94. The number of carbonyl (C=O) groups is 4. The first-order valence-electron chi connectivity index (χ1n) is 37.2. The number of amides is 2. The predicted octanol–water partition coefficient (Wildman–Crippen LogP) is 9.83. The second kappa shape index (κ2) is 33.6. The van der Waals surface area contributed by atoms with Crippen molar-refractivity contribution in [1.29, 1.82) is 0 Å². The standard InChI is InChI=1S/C84H90N5O20S/c1-89(2,45-51-23-26-62(27-24-51)108-110(98,99)109-76-36-57(25-28-71(76)106-84-81(95)80(94)79(93)77(47-90)107-84)70(91)21-13-29-102-30-14-22-78(92)105-50-67-63-19-7-5-6-8-20-64(63)67)46-52-31-53(48-103-74-39-68-65(37-72(74)100-3)82(96)87-43-58-17-11-9-15-55(58)34-60(87)41-85-68)33-54(32-52)49-104-75-40-69-66(38-73(75)101-4)83(97)88-44-59-18-12-10-16-56(59)35-61(88)42-86-69/h9-12,15-18,23-28,31-33,36-42,60-61,63-64,67,77,79-81,84,90,93-95H,7-8,13-14,19-22,29-30,34-35,43-50H2,1-4H3/q+1/t60-,61-,63-,64+,67?,77+,79-,80-,81+,84?/m0/s1. The van der Waals surface area contributed by atoms with Gasteiger partial charge in [-0.15, -0.1) is 20.3 Å². The summed E-state index contributed by atoms with van der Waals surface area (Å²) in [6.07, 6.45) is 1.12. The van der Waals surface area contributed by atoms with Crippen molar-refractivity contribution in [3.8, 4) is 52.1 Å². The number of nitrogens with zero attached hydrogens (tertiary/aromatic N) is 5. The van der Waals surface area contributed by atoms with Gasteiger partial charge >= 0.3 is 16.4 Å². The summed E-state index contributed by atoms with van der Waals surface area (Å²) in [6, 6.07) is 38.7. The molecule has 25 nitrogen and oxygen atoms in total. The summed E-state index contributed by atoms with van der Waals surface area (Å²) in [5.74, 6) is 7.34. The van der Waals surface area contributed by atoms with E-state index in [0.717, 1.165) is 65.1 Å². The van der Waals surface area contributed by atoms with Crippen molar-refractivity contribution in [2.75, 3.05) is 54.7 Å². The van der Waals surface area contributed by atoms with Gasteiger partial charge in [-0.3, -0.25) is 29.2 Å². The van der Waals surface area contributed by atoms with Crippen LogP contribution in [0, 0.1) is 29.6 Å². The van der Waals surface area contributed by atoms with Crippen LogP contribution in [-0.2, 0) is 81.6 Å². The Morgan fingerprint density at radius 3 is 1.71 bits per heavy atom. The number of methoxy groups -OCH3 is 2. The van der Waals surface area contributed by atoms with E-state index in [0.29, 0.717) is 120 Å². The van der Waals surface area contributed by atoms with E-state index in [1.54, 1.807) is 36.4 Å². The molecular formula is C84H90N5O20S+. The summed E-state index contributed by atoms with van der Waals surface area (Å²) in [4.78, 5) is 68.2. The van der Waals surface area contributed by atoms with E-state index in [-0.39, 0.29) is 92.6 Å². The molecule has 5 aliphatic heterocycles. The smallest absolute Gasteiger partial charge is 0.493 e. The molecule has 0 aromatic heterocycles. The largest absolute Gasteiger partial charge is 0.501 e. The van der Waals surface area contributed by atoms with Crippen LogP contribution in [0.5, 0.6) is 40.2 Å². The Kier molecular flexibility index (Phi) is 23.4. The van der Waals surface area contributed by atoms with E-state index >= 15 is 0 Å². The average Bonchev–Trinajstić information content (AvgIpc) is 1.56. The zero-order chi connectivity index (χ0) is 76.8. The lowest BCUT2D eigenvalue weighted by Gasteiger charge is -2.39. The number of aliphatic hydroxyl groups is 4. The third kappa shape index (κ3) is 17.8. The molecule has 10 atom stereocenters. The Bertz CT molecular complexity index is 4660. The van der Waals surface area contributed by atoms with E-state index in [4.69, 9.17) is 56.2 Å². The van der Waals surface area contributed by atoms with Crippen LogP contribution in [0.15, 0.2) is 143 Å². The van der Waals surface area contributed by atoms with Crippen LogP contribution >= 0.6 is 0 Å². The second-order valence-corrected chi connectivity index (χ2v) is 30.7. The number of hydrogen-bond donors (Lipinski definition) is 4. The van der Waals surface area contributed by atoms with Crippen molar-refractivity contribution in [2.45, 2.75) is 146 Å². The van der Waals surface area contributed by atoms with E-state index in [2.05, 4.69) is 24.0 Å². The maximum absolute atomic E-state index is 14.3. The Labute approximate surface area is 638 Å². The molecule has 0 radical (unpaired) electrons. The van der Waals surface area contributed by atoms with Crippen LogP contribution in [0.4, 0.5) is 11.4 Å². The number of carbonyl (C=O) groups excluding carboxylic acids is 4. The molecule has 7 aromatic carbocycles. The number of fused-ring (bicyclic) bond motifs is 7. The second-order valence-electron chi connectivity index (χ2n) is 29.6. The van der Waals surface area contributed by atoms with Gasteiger partial charge in [-0.25, -0.2) is 0 Å². The number of hydrogen-bond acceptors (Lipinski definition) is 22. The third-order valence-corrected chi connectivity index (χ3v) is 22.1. The molecule has 2 aliphatic carbocycles. The molecule has 0 spiro atoms. The fourth-order valence-corrected chi connectivity index (χ4v) is 16.3. The van der Waals surface area contributed by atoms with Crippen molar-refractivity contribution in [1.82, 2.24) is 9.80 Å².